The van der Waals surface area contributed by atoms with Crippen LogP contribution in [0.25, 0.3) is 0 Å². The van der Waals surface area contributed by atoms with Crippen molar-refractivity contribution in [3.63, 3.8) is 0 Å². The highest BCUT2D eigenvalue weighted by atomic mass is 16.1. The summed E-state index contributed by atoms with van der Waals surface area (Å²) in [5.41, 5.74) is 6.09. The molecule has 3 nitrogen and oxygen atoms in total. The summed E-state index contributed by atoms with van der Waals surface area (Å²) in [6.07, 6.45) is 0.400. The number of hydrogen-bond donors (Lipinski definition) is 2. The number of carbonyl (C=O) groups is 1. The Labute approximate surface area is 107 Å². The second-order valence-corrected chi connectivity index (χ2v) is 7.10. The van der Waals surface area contributed by atoms with Gasteiger partial charge in [-0.05, 0) is 16.7 Å². The van der Waals surface area contributed by atoms with Gasteiger partial charge in [0.2, 0.25) is 5.91 Å². The molecule has 0 aliphatic carbocycles. The molecule has 0 aromatic heterocycles. The van der Waals surface area contributed by atoms with Crippen molar-refractivity contribution in [2.24, 2.45) is 22.5 Å². The van der Waals surface area contributed by atoms with Crippen molar-refractivity contribution in [3.05, 3.63) is 0 Å². The molecule has 0 saturated heterocycles. The molecule has 3 N–H and O–H groups in total. The van der Waals surface area contributed by atoms with Crippen molar-refractivity contribution >= 4 is 5.91 Å². The molecular formula is C14H30N2O. The van der Waals surface area contributed by atoms with Crippen LogP contribution in [-0.2, 0) is 4.79 Å². The minimum absolute atomic E-state index is 0.0229. The first-order valence-corrected chi connectivity index (χ1v) is 6.49. The van der Waals surface area contributed by atoms with Gasteiger partial charge in [0.1, 0.15) is 0 Å². The zero-order chi connectivity index (χ0) is 13.9. The van der Waals surface area contributed by atoms with Crippen LogP contribution in [-0.4, -0.2) is 18.5 Å². The first-order chi connectivity index (χ1) is 7.47. The lowest BCUT2D eigenvalue weighted by atomic mass is 9.81. The van der Waals surface area contributed by atoms with Crippen molar-refractivity contribution in [1.29, 1.82) is 0 Å². The van der Waals surface area contributed by atoms with Gasteiger partial charge in [0, 0.05) is 19.0 Å². The van der Waals surface area contributed by atoms with Gasteiger partial charge >= 0.3 is 0 Å². The lowest BCUT2D eigenvalue weighted by Crippen LogP contribution is -2.43. The zero-order valence-electron chi connectivity index (χ0n) is 12.6. The molecule has 17 heavy (non-hydrogen) atoms. The highest BCUT2D eigenvalue weighted by Crippen LogP contribution is 2.25. The molecule has 0 aromatic carbocycles. The van der Waals surface area contributed by atoms with E-state index in [0.717, 1.165) is 0 Å². The van der Waals surface area contributed by atoms with Crippen molar-refractivity contribution in [2.45, 2.75) is 60.9 Å². The van der Waals surface area contributed by atoms with Gasteiger partial charge in [-0.2, -0.15) is 0 Å². The van der Waals surface area contributed by atoms with E-state index in [-0.39, 0.29) is 22.8 Å². The number of amides is 1. The third kappa shape index (κ3) is 6.06. The fourth-order valence-corrected chi connectivity index (χ4v) is 1.11. The Kier molecular flexibility index (Phi) is 5.66. The molecule has 0 rings (SSSR count). The summed E-state index contributed by atoms with van der Waals surface area (Å²) >= 11 is 0. The van der Waals surface area contributed by atoms with Crippen LogP contribution < -0.4 is 11.1 Å². The quantitative estimate of drug-likeness (QED) is 0.778. The van der Waals surface area contributed by atoms with Gasteiger partial charge in [-0.25, -0.2) is 0 Å². The minimum atomic E-state index is -0.0929. The fraction of sp³-hybridized carbons (Fsp3) is 0.929. The van der Waals surface area contributed by atoms with Crippen LogP contribution in [0.5, 0.6) is 0 Å². The summed E-state index contributed by atoms with van der Waals surface area (Å²) in [7, 11) is 0. The number of rotatable bonds is 5. The van der Waals surface area contributed by atoms with E-state index in [1.165, 1.54) is 0 Å². The van der Waals surface area contributed by atoms with Crippen molar-refractivity contribution in [2.75, 3.05) is 6.54 Å². The van der Waals surface area contributed by atoms with Gasteiger partial charge in [-0.1, -0.05) is 48.5 Å². The molecule has 102 valence electrons. The maximum atomic E-state index is 11.8. The van der Waals surface area contributed by atoms with Gasteiger partial charge in [-0.15, -0.1) is 0 Å². The lowest BCUT2D eigenvalue weighted by molar-refractivity contribution is -0.122. The number of carbonyl (C=O) groups excluding carboxylic acids is 1. The highest BCUT2D eigenvalue weighted by molar-refractivity contribution is 5.76. The smallest absolute Gasteiger partial charge is 0.221 e. The van der Waals surface area contributed by atoms with Crippen LogP contribution >= 0.6 is 0 Å². The topological polar surface area (TPSA) is 55.1 Å². The molecule has 0 heterocycles. The molecule has 0 fully saturated rings. The Bertz CT molecular complexity index is 251. The average Bonchev–Trinajstić information content (AvgIpc) is 2.13. The molecular weight excluding hydrogens is 212 g/mol. The van der Waals surface area contributed by atoms with Gasteiger partial charge in [0.15, 0.2) is 0 Å². The Morgan fingerprint density at radius 1 is 1.18 bits per heavy atom. The van der Waals surface area contributed by atoms with E-state index >= 15 is 0 Å². The van der Waals surface area contributed by atoms with Gasteiger partial charge in [-0.3, -0.25) is 4.79 Å². The van der Waals surface area contributed by atoms with Gasteiger partial charge < -0.3 is 11.1 Å². The second-order valence-electron chi connectivity index (χ2n) is 7.10. The van der Waals surface area contributed by atoms with Crippen molar-refractivity contribution < 1.29 is 4.79 Å². The monoisotopic (exact) mass is 242 g/mol. The largest absolute Gasteiger partial charge is 0.356 e. The fourth-order valence-electron chi connectivity index (χ4n) is 1.11. The summed E-state index contributed by atoms with van der Waals surface area (Å²) in [5, 5.41) is 2.99. The number of hydrogen-bond acceptors (Lipinski definition) is 2. The highest BCUT2D eigenvalue weighted by Gasteiger charge is 2.26. The van der Waals surface area contributed by atoms with E-state index < -0.39 is 0 Å². The van der Waals surface area contributed by atoms with Crippen molar-refractivity contribution in [1.82, 2.24) is 5.32 Å². The molecule has 0 aliphatic rings. The van der Waals surface area contributed by atoms with E-state index in [1.54, 1.807) is 0 Å². The average molecular weight is 242 g/mol. The molecule has 0 saturated carbocycles. The van der Waals surface area contributed by atoms with Crippen LogP contribution in [0.2, 0.25) is 0 Å². The Balaban J connectivity index is 4.14. The molecule has 0 bridgehead atoms. The van der Waals surface area contributed by atoms with E-state index in [2.05, 4.69) is 53.8 Å². The number of nitrogens with two attached hydrogens (primary N) is 1. The molecule has 0 spiro atoms. The van der Waals surface area contributed by atoms with Crippen LogP contribution in [0.1, 0.15) is 54.9 Å². The molecule has 0 aromatic rings. The van der Waals surface area contributed by atoms with E-state index in [0.29, 0.717) is 18.9 Å². The third-order valence-corrected chi connectivity index (χ3v) is 3.82. The Hall–Kier alpha value is -0.570. The molecule has 1 unspecified atom stereocenters. The van der Waals surface area contributed by atoms with E-state index in [1.807, 2.05) is 0 Å². The molecule has 0 radical (unpaired) electrons. The summed E-state index contributed by atoms with van der Waals surface area (Å²) in [4.78, 5) is 11.8. The maximum absolute atomic E-state index is 11.8. The van der Waals surface area contributed by atoms with E-state index in [9.17, 15) is 4.79 Å². The molecule has 1 atom stereocenters. The van der Waals surface area contributed by atoms with Crippen LogP contribution in [0.4, 0.5) is 0 Å². The summed E-state index contributed by atoms with van der Waals surface area (Å²) in [6, 6.07) is -0.0929. The standard InChI is InChI=1S/C14H30N2O/c1-10(2)14(6,7)9-16-12(17)8-11(15)13(3,4)5/h10-11H,8-9,15H2,1-7H3,(H,16,17). The molecule has 3 heteroatoms. The summed E-state index contributed by atoms with van der Waals surface area (Å²) in [5.74, 6) is 0.597. The predicted octanol–water partition coefficient (Wildman–Crippen LogP) is 2.55. The van der Waals surface area contributed by atoms with Gasteiger partial charge in [0.05, 0.1) is 0 Å². The molecule has 0 aliphatic heterocycles. The lowest BCUT2D eigenvalue weighted by Gasteiger charge is -2.30. The Morgan fingerprint density at radius 2 is 1.65 bits per heavy atom. The molecule has 1 amide bonds. The zero-order valence-corrected chi connectivity index (χ0v) is 12.6. The maximum Gasteiger partial charge on any atom is 0.221 e. The van der Waals surface area contributed by atoms with Gasteiger partial charge in [0.25, 0.3) is 0 Å². The summed E-state index contributed by atoms with van der Waals surface area (Å²) < 4.78 is 0. The SMILES string of the molecule is CC(C)C(C)(C)CNC(=O)CC(N)C(C)(C)C. The van der Waals surface area contributed by atoms with Crippen molar-refractivity contribution in [3.8, 4) is 0 Å². The number of nitrogens with one attached hydrogen (secondary N) is 1. The second kappa shape index (κ2) is 5.85. The Morgan fingerprint density at radius 3 is 2.00 bits per heavy atom. The van der Waals surface area contributed by atoms with Crippen LogP contribution in [0, 0.1) is 16.7 Å². The first-order valence-electron chi connectivity index (χ1n) is 6.49. The first kappa shape index (κ1) is 16.4. The minimum Gasteiger partial charge on any atom is -0.356 e. The predicted molar refractivity (Wildman–Crippen MR) is 73.7 cm³/mol. The third-order valence-electron chi connectivity index (χ3n) is 3.82. The van der Waals surface area contributed by atoms with Crippen LogP contribution in [0.15, 0.2) is 0 Å². The van der Waals surface area contributed by atoms with Crippen LogP contribution in [0.3, 0.4) is 0 Å². The van der Waals surface area contributed by atoms with E-state index in [4.69, 9.17) is 5.73 Å². The summed E-state index contributed by atoms with van der Waals surface area (Å²) in [6.45, 7) is 15.6. The normalized spacial score (nSPS) is 14.9.